The fourth-order valence-electron chi connectivity index (χ4n) is 9.76. The summed E-state index contributed by atoms with van der Waals surface area (Å²) in [6.45, 7) is 8.36. The van der Waals surface area contributed by atoms with Gasteiger partial charge in [0.2, 0.25) is 0 Å². The maximum atomic E-state index is 6.29. The van der Waals surface area contributed by atoms with Gasteiger partial charge in [-0.1, -0.05) is 197 Å². The summed E-state index contributed by atoms with van der Waals surface area (Å²) in [5.74, 6) is 0. The zero-order valence-electron chi connectivity index (χ0n) is 41.5. The van der Waals surface area contributed by atoms with Gasteiger partial charge in [-0.3, -0.25) is 0 Å². The van der Waals surface area contributed by atoms with E-state index in [1.54, 1.807) is 0 Å². The fraction of sp³-hybridized carbons (Fsp3) is 0.104. The van der Waals surface area contributed by atoms with Crippen molar-refractivity contribution in [3.8, 4) is 44.8 Å². The van der Waals surface area contributed by atoms with E-state index in [0.29, 0.717) is 0 Å². The Bertz CT molecular complexity index is 3850. The molecule has 0 radical (unpaired) electrons. The number of benzene rings is 10. The quantitative estimate of drug-likeness (QED) is 0.123. The molecule has 8 heteroatoms. The Hall–Kier alpha value is -6.53. The molecule has 3 heterocycles. The van der Waals surface area contributed by atoms with Crippen molar-refractivity contribution in [2.45, 2.75) is 46.3 Å². The highest BCUT2D eigenvalue weighted by molar-refractivity contribution is 14.1. The van der Waals surface area contributed by atoms with Gasteiger partial charge in [0.25, 0.3) is 0 Å². The number of aromatic nitrogens is 2. The summed E-state index contributed by atoms with van der Waals surface area (Å²) < 4.78 is 20.7. The number of halogens is 3. The number of para-hydroxylation sites is 4. The maximum Gasteiger partial charge on any atom is 0.494 e. The summed E-state index contributed by atoms with van der Waals surface area (Å²) in [6, 6.07) is 85.8. The first-order valence-electron chi connectivity index (χ1n) is 24.8. The van der Waals surface area contributed by atoms with Gasteiger partial charge in [0.05, 0.1) is 33.3 Å². The molecular formula is C67H56BBr2IN2O2. The molecule has 4 nitrogen and oxygen atoms in total. The standard InChI is InChI=1S/C30H20BrN.C24H24BNO2.C12H8BrI.CH4/c31-25-17-14-22(15-18-25)21-10-12-23(13-11-21)24-16-19-28-27-8-4-5-9-29(27)32(30(28)20-24)26-6-2-1-3-7-26;1-23(2)24(3,4)28-25(27-23)17-14-15-20-19-12-8-9-13-21(19)26(22(20)16-17)18-10-6-5-7-11-18;13-11-5-1-9(2-6-11)10-3-7-12(14)8-4-10;/h1-20H;5-16H,1-4H3;1-8H;1H4. The Morgan fingerprint density at radius 2 is 0.693 bits per heavy atom. The second-order valence-corrected chi connectivity index (χ2v) is 22.6. The van der Waals surface area contributed by atoms with Crippen molar-refractivity contribution >= 4 is 111 Å². The minimum absolute atomic E-state index is 0. The topological polar surface area (TPSA) is 28.3 Å². The molecule has 2 aromatic heterocycles. The van der Waals surface area contributed by atoms with Gasteiger partial charge in [0, 0.05) is 45.4 Å². The predicted octanol–water partition coefficient (Wildman–Crippen LogP) is 19.3. The van der Waals surface area contributed by atoms with Crippen molar-refractivity contribution in [1.82, 2.24) is 9.13 Å². The van der Waals surface area contributed by atoms with Crippen LogP contribution in [0.2, 0.25) is 0 Å². The highest BCUT2D eigenvalue weighted by atomic mass is 127. The van der Waals surface area contributed by atoms with E-state index < -0.39 is 0 Å². The molecule has 0 bridgehead atoms. The molecule has 10 aromatic carbocycles. The molecule has 370 valence electrons. The van der Waals surface area contributed by atoms with Gasteiger partial charge in [0.1, 0.15) is 0 Å². The average Bonchev–Trinajstić information content (AvgIpc) is 4.04. The molecule has 0 aliphatic carbocycles. The SMILES string of the molecule is Brc1ccc(-c2ccc(-c3ccc4c5ccccc5n(-c5ccccc5)c4c3)cc2)cc1.Brc1ccc(-c2ccc(I)cc2)cc1.C.CC1(C)OB(c2ccc3c4ccccc4n(-c4ccccc4)c3c2)OC1(C)C. The van der Waals surface area contributed by atoms with Crippen molar-refractivity contribution < 1.29 is 9.31 Å². The lowest BCUT2D eigenvalue weighted by Gasteiger charge is -2.32. The van der Waals surface area contributed by atoms with Gasteiger partial charge in [-0.15, -0.1) is 0 Å². The lowest BCUT2D eigenvalue weighted by molar-refractivity contribution is 0.00578. The molecule has 0 amide bonds. The summed E-state index contributed by atoms with van der Waals surface area (Å²) in [7, 11) is -0.364. The highest BCUT2D eigenvalue weighted by Gasteiger charge is 2.51. The number of rotatable bonds is 6. The van der Waals surface area contributed by atoms with Crippen LogP contribution in [0.25, 0.3) is 88.4 Å². The number of nitrogens with zero attached hydrogens (tertiary/aromatic N) is 2. The third kappa shape index (κ3) is 10.7. The first-order valence-corrected chi connectivity index (χ1v) is 27.5. The van der Waals surface area contributed by atoms with Crippen LogP contribution < -0.4 is 5.46 Å². The third-order valence-electron chi connectivity index (χ3n) is 14.3. The van der Waals surface area contributed by atoms with Crippen molar-refractivity contribution in [2.75, 3.05) is 0 Å². The zero-order chi connectivity index (χ0) is 51.0. The van der Waals surface area contributed by atoms with Gasteiger partial charge >= 0.3 is 7.12 Å². The van der Waals surface area contributed by atoms with E-state index >= 15 is 0 Å². The van der Waals surface area contributed by atoms with Crippen LogP contribution in [0.1, 0.15) is 35.1 Å². The van der Waals surface area contributed by atoms with Crippen LogP contribution in [0.15, 0.2) is 252 Å². The average molecular weight is 1220 g/mol. The van der Waals surface area contributed by atoms with Gasteiger partial charge in [-0.05, 0) is 174 Å². The lowest BCUT2D eigenvalue weighted by Crippen LogP contribution is -2.41. The fourth-order valence-corrected chi connectivity index (χ4v) is 10.6. The van der Waals surface area contributed by atoms with Crippen LogP contribution >= 0.6 is 54.5 Å². The molecule has 75 heavy (non-hydrogen) atoms. The van der Waals surface area contributed by atoms with Crippen LogP contribution in [0.3, 0.4) is 0 Å². The molecule has 0 saturated carbocycles. The minimum Gasteiger partial charge on any atom is -0.399 e. The van der Waals surface area contributed by atoms with E-state index in [9.17, 15) is 0 Å². The zero-order valence-corrected chi connectivity index (χ0v) is 46.8. The largest absolute Gasteiger partial charge is 0.494 e. The Morgan fingerprint density at radius 3 is 1.15 bits per heavy atom. The first-order chi connectivity index (χ1) is 35.9. The monoisotopic (exact) mass is 1220 g/mol. The summed E-state index contributed by atoms with van der Waals surface area (Å²) in [5, 5.41) is 5.05. The number of fused-ring (bicyclic) bond motifs is 6. The van der Waals surface area contributed by atoms with Crippen LogP contribution in [0.5, 0.6) is 0 Å². The second kappa shape index (κ2) is 22.0. The van der Waals surface area contributed by atoms with E-state index in [1.807, 2.05) is 6.07 Å². The second-order valence-electron chi connectivity index (χ2n) is 19.6. The normalized spacial score (nSPS) is 13.5. The summed E-state index contributed by atoms with van der Waals surface area (Å²) in [6.07, 6.45) is 0. The number of hydrogen-bond acceptors (Lipinski definition) is 2. The predicted molar refractivity (Wildman–Crippen MR) is 335 cm³/mol. The molecule has 1 aliphatic rings. The Balaban J connectivity index is 0.000000136. The third-order valence-corrected chi connectivity index (χ3v) is 16.1. The maximum absolute atomic E-state index is 6.29. The highest BCUT2D eigenvalue weighted by Crippen LogP contribution is 2.39. The van der Waals surface area contributed by atoms with Crippen molar-refractivity contribution in [2.24, 2.45) is 0 Å². The molecule has 13 rings (SSSR count). The van der Waals surface area contributed by atoms with E-state index in [2.05, 4.69) is 328 Å². The molecule has 0 N–H and O–H groups in total. The van der Waals surface area contributed by atoms with E-state index in [0.717, 1.165) is 20.1 Å². The Morgan fingerprint density at radius 1 is 0.360 bits per heavy atom. The van der Waals surface area contributed by atoms with E-state index in [-0.39, 0.29) is 25.7 Å². The van der Waals surface area contributed by atoms with Gasteiger partial charge in [0.15, 0.2) is 0 Å². The van der Waals surface area contributed by atoms with Crippen LogP contribution in [0.4, 0.5) is 0 Å². The summed E-state index contributed by atoms with van der Waals surface area (Å²) >= 11 is 9.26. The van der Waals surface area contributed by atoms with E-state index in [1.165, 1.54) is 86.2 Å². The Labute approximate surface area is 471 Å². The van der Waals surface area contributed by atoms with Crippen LogP contribution in [-0.2, 0) is 9.31 Å². The van der Waals surface area contributed by atoms with Crippen molar-refractivity contribution in [3.63, 3.8) is 0 Å². The first kappa shape index (κ1) is 51.9. The summed E-state index contributed by atoms with van der Waals surface area (Å²) in [4.78, 5) is 0. The van der Waals surface area contributed by atoms with Gasteiger partial charge in [-0.2, -0.15) is 0 Å². The van der Waals surface area contributed by atoms with Gasteiger partial charge in [-0.25, -0.2) is 0 Å². The molecule has 1 aliphatic heterocycles. The van der Waals surface area contributed by atoms with E-state index in [4.69, 9.17) is 9.31 Å². The smallest absolute Gasteiger partial charge is 0.399 e. The van der Waals surface area contributed by atoms with Gasteiger partial charge < -0.3 is 18.4 Å². The molecule has 12 aromatic rings. The molecule has 0 atom stereocenters. The molecule has 0 spiro atoms. The molecule has 1 fully saturated rings. The lowest BCUT2D eigenvalue weighted by atomic mass is 9.79. The molecule has 1 saturated heterocycles. The van der Waals surface area contributed by atoms with Crippen molar-refractivity contribution in [3.05, 3.63) is 255 Å². The molecular weight excluding hydrogens is 1160 g/mol. The minimum atomic E-state index is -0.364. The van der Waals surface area contributed by atoms with Crippen molar-refractivity contribution in [1.29, 1.82) is 0 Å². The summed E-state index contributed by atoms with van der Waals surface area (Å²) in [5.41, 5.74) is 14.9. The van der Waals surface area contributed by atoms with Crippen LogP contribution in [-0.4, -0.2) is 27.5 Å². The van der Waals surface area contributed by atoms with Crippen LogP contribution in [0, 0.1) is 3.57 Å². The number of hydrogen-bond donors (Lipinski definition) is 0. The molecule has 0 unspecified atom stereocenters. The Kier molecular flexibility index (Phi) is 15.2.